The largest absolute Gasteiger partial charge is 0.480 e. The minimum Gasteiger partial charge on any atom is -0.480 e. The Kier molecular flexibility index (Phi) is 5.38. The third-order valence-corrected chi connectivity index (χ3v) is 4.37. The maximum Gasteiger partial charge on any atom is 0.319 e. The van der Waals surface area contributed by atoms with Crippen molar-refractivity contribution >= 4 is 23.5 Å². The molecular formula is C16H21N3O5. The molecule has 0 unspecified atom stereocenters. The number of primary amides is 1. The van der Waals surface area contributed by atoms with Crippen LogP contribution in [0.25, 0.3) is 0 Å². The molecule has 24 heavy (non-hydrogen) atoms. The van der Waals surface area contributed by atoms with Crippen LogP contribution in [0.5, 0.6) is 5.88 Å². The fraction of sp³-hybridized carbons (Fsp3) is 0.500. The van der Waals surface area contributed by atoms with E-state index in [4.69, 9.17) is 10.5 Å². The summed E-state index contributed by atoms with van der Waals surface area (Å²) in [4.78, 5) is 39.8. The SMILES string of the molecule is COc1ncc(NC(=O)C2(C(=O)O)CCCCCC2)cc1C(N)=O. The summed E-state index contributed by atoms with van der Waals surface area (Å²) in [6, 6.07) is 1.33. The molecule has 1 aromatic heterocycles. The van der Waals surface area contributed by atoms with E-state index in [1.807, 2.05) is 0 Å². The number of amides is 2. The van der Waals surface area contributed by atoms with Crippen molar-refractivity contribution in [1.29, 1.82) is 0 Å². The van der Waals surface area contributed by atoms with Crippen molar-refractivity contribution in [2.45, 2.75) is 38.5 Å². The van der Waals surface area contributed by atoms with Crippen molar-refractivity contribution < 1.29 is 24.2 Å². The van der Waals surface area contributed by atoms with Gasteiger partial charge in [-0.15, -0.1) is 0 Å². The molecule has 1 heterocycles. The maximum atomic E-state index is 12.7. The Labute approximate surface area is 139 Å². The number of carbonyl (C=O) groups excluding carboxylic acids is 2. The fourth-order valence-electron chi connectivity index (χ4n) is 2.98. The van der Waals surface area contributed by atoms with E-state index in [1.165, 1.54) is 19.4 Å². The molecule has 0 aliphatic heterocycles. The van der Waals surface area contributed by atoms with Crippen LogP contribution in [0.15, 0.2) is 12.3 Å². The average Bonchev–Trinajstić information content (AvgIpc) is 2.81. The van der Waals surface area contributed by atoms with Crippen LogP contribution in [0.3, 0.4) is 0 Å². The molecule has 2 rings (SSSR count). The number of ether oxygens (including phenoxy) is 1. The van der Waals surface area contributed by atoms with Crippen LogP contribution in [-0.4, -0.2) is 35.0 Å². The Bertz CT molecular complexity index is 651. The zero-order valence-corrected chi connectivity index (χ0v) is 13.5. The zero-order chi connectivity index (χ0) is 17.7. The van der Waals surface area contributed by atoms with E-state index in [1.54, 1.807) is 0 Å². The number of hydrogen-bond donors (Lipinski definition) is 3. The molecule has 1 fully saturated rings. The number of aliphatic carboxylic acids is 1. The van der Waals surface area contributed by atoms with Crippen LogP contribution >= 0.6 is 0 Å². The van der Waals surface area contributed by atoms with Gasteiger partial charge in [-0.2, -0.15) is 0 Å². The molecule has 0 saturated heterocycles. The molecule has 1 aromatic rings. The first-order chi connectivity index (χ1) is 11.4. The van der Waals surface area contributed by atoms with E-state index in [2.05, 4.69) is 10.3 Å². The smallest absolute Gasteiger partial charge is 0.319 e. The zero-order valence-electron chi connectivity index (χ0n) is 13.5. The highest BCUT2D eigenvalue weighted by molar-refractivity contribution is 6.08. The maximum absolute atomic E-state index is 12.7. The topological polar surface area (TPSA) is 132 Å². The molecular weight excluding hydrogens is 314 g/mol. The summed E-state index contributed by atoms with van der Waals surface area (Å²) >= 11 is 0. The number of carbonyl (C=O) groups is 3. The molecule has 1 aliphatic carbocycles. The molecule has 2 amide bonds. The van der Waals surface area contributed by atoms with Gasteiger partial charge in [0.15, 0.2) is 0 Å². The summed E-state index contributed by atoms with van der Waals surface area (Å²) < 4.78 is 4.94. The van der Waals surface area contributed by atoms with E-state index < -0.39 is 23.2 Å². The molecule has 0 atom stereocenters. The third kappa shape index (κ3) is 3.47. The molecule has 130 valence electrons. The first-order valence-electron chi connectivity index (χ1n) is 7.79. The second kappa shape index (κ2) is 7.29. The molecule has 4 N–H and O–H groups in total. The molecule has 0 bridgehead atoms. The monoisotopic (exact) mass is 335 g/mol. The van der Waals surface area contributed by atoms with E-state index in [0.717, 1.165) is 12.8 Å². The summed E-state index contributed by atoms with van der Waals surface area (Å²) in [7, 11) is 1.35. The fourth-order valence-corrected chi connectivity index (χ4v) is 2.98. The van der Waals surface area contributed by atoms with Crippen molar-refractivity contribution in [3.8, 4) is 5.88 Å². The van der Waals surface area contributed by atoms with Crippen LogP contribution in [0.1, 0.15) is 48.9 Å². The Morgan fingerprint density at radius 2 is 1.88 bits per heavy atom. The Morgan fingerprint density at radius 1 is 1.25 bits per heavy atom. The van der Waals surface area contributed by atoms with Crippen molar-refractivity contribution in [2.75, 3.05) is 12.4 Å². The van der Waals surface area contributed by atoms with Gasteiger partial charge in [0, 0.05) is 0 Å². The average molecular weight is 335 g/mol. The van der Waals surface area contributed by atoms with Gasteiger partial charge in [0.2, 0.25) is 11.8 Å². The highest BCUT2D eigenvalue weighted by Gasteiger charge is 2.46. The van der Waals surface area contributed by atoms with E-state index in [0.29, 0.717) is 25.7 Å². The summed E-state index contributed by atoms with van der Waals surface area (Å²) in [6.07, 6.45) is 5.09. The highest BCUT2D eigenvalue weighted by Crippen LogP contribution is 2.36. The Morgan fingerprint density at radius 3 is 2.38 bits per heavy atom. The van der Waals surface area contributed by atoms with Crippen LogP contribution in [0, 0.1) is 5.41 Å². The molecule has 0 spiro atoms. The predicted molar refractivity (Wildman–Crippen MR) is 85.7 cm³/mol. The lowest BCUT2D eigenvalue weighted by Gasteiger charge is -2.26. The van der Waals surface area contributed by atoms with Gasteiger partial charge in [-0.1, -0.05) is 25.7 Å². The van der Waals surface area contributed by atoms with Gasteiger partial charge in [-0.25, -0.2) is 4.98 Å². The number of methoxy groups -OCH3 is 1. The van der Waals surface area contributed by atoms with Gasteiger partial charge in [0.1, 0.15) is 11.0 Å². The number of pyridine rings is 1. The number of aromatic nitrogens is 1. The summed E-state index contributed by atoms with van der Waals surface area (Å²) in [5, 5.41) is 12.2. The number of nitrogens with zero attached hydrogens (tertiary/aromatic N) is 1. The van der Waals surface area contributed by atoms with Gasteiger partial charge in [-0.05, 0) is 18.9 Å². The summed E-state index contributed by atoms with van der Waals surface area (Å²) in [5.41, 5.74) is 4.03. The molecule has 8 heteroatoms. The molecule has 8 nitrogen and oxygen atoms in total. The normalized spacial score (nSPS) is 16.7. The summed E-state index contributed by atoms with van der Waals surface area (Å²) in [6.45, 7) is 0. The van der Waals surface area contributed by atoms with Gasteiger partial charge >= 0.3 is 5.97 Å². The first-order valence-corrected chi connectivity index (χ1v) is 7.79. The number of carboxylic acids is 1. The van der Waals surface area contributed by atoms with Crippen LogP contribution < -0.4 is 15.8 Å². The molecule has 0 radical (unpaired) electrons. The van der Waals surface area contributed by atoms with E-state index in [-0.39, 0.29) is 17.1 Å². The number of nitrogens with two attached hydrogens (primary N) is 1. The lowest BCUT2D eigenvalue weighted by Crippen LogP contribution is -2.42. The Hall–Kier alpha value is -2.64. The molecule has 1 aliphatic rings. The lowest BCUT2D eigenvalue weighted by molar-refractivity contribution is -0.155. The minimum atomic E-state index is -1.46. The molecule has 1 saturated carbocycles. The van der Waals surface area contributed by atoms with Crippen molar-refractivity contribution in [2.24, 2.45) is 11.1 Å². The van der Waals surface area contributed by atoms with Gasteiger partial charge in [-0.3, -0.25) is 14.4 Å². The van der Waals surface area contributed by atoms with Crippen LogP contribution in [-0.2, 0) is 9.59 Å². The predicted octanol–water partition coefficient (Wildman–Crippen LogP) is 1.55. The lowest BCUT2D eigenvalue weighted by atomic mass is 9.79. The Balaban J connectivity index is 2.28. The quantitative estimate of drug-likeness (QED) is 0.552. The minimum absolute atomic E-state index is 0.0144. The number of anilines is 1. The second-order valence-electron chi connectivity index (χ2n) is 5.90. The van der Waals surface area contributed by atoms with Crippen LogP contribution in [0.4, 0.5) is 5.69 Å². The number of rotatable bonds is 5. The molecule has 0 aromatic carbocycles. The number of hydrogen-bond acceptors (Lipinski definition) is 5. The highest BCUT2D eigenvalue weighted by atomic mass is 16.5. The van der Waals surface area contributed by atoms with Gasteiger partial charge in [0.25, 0.3) is 5.91 Å². The standard InChI is InChI=1S/C16H21N3O5/c1-24-13-11(12(17)20)8-10(9-18-13)19-14(21)16(15(22)23)6-4-2-3-5-7-16/h8-9H,2-7H2,1H3,(H2,17,20)(H,19,21)(H,22,23). The van der Waals surface area contributed by atoms with Gasteiger partial charge in [0.05, 0.1) is 19.0 Å². The summed E-state index contributed by atoms with van der Waals surface area (Å²) in [5.74, 6) is -2.43. The van der Waals surface area contributed by atoms with Crippen LogP contribution in [0.2, 0.25) is 0 Å². The van der Waals surface area contributed by atoms with E-state index in [9.17, 15) is 19.5 Å². The second-order valence-corrected chi connectivity index (χ2v) is 5.90. The van der Waals surface area contributed by atoms with E-state index >= 15 is 0 Å². The van der Waals surface area contributed by atoms with Gasteiger partial charge < -0.3 is 20.9 Å². The first kappa shape index (κ1) is 17.7. The number of carboxylic acid groups (broad SMARTS) is 1. The van der Waals surface area contributed by atoms with Crippen molar-refractivity contribution in [3.05, 3.63) is 17.8 Å². The van der Waals surface area contributed by atoms with Crippen molar-refractivity contribution in [3.63, 3.8) is 0 Å². The third-order valence-electron chi connectivity index (χ3n) is 4.37. The van der Waals surface area contributed by atoms with Crippen molar-refractivity contribution in [1.82, 2.24) is 4.98 Å². The number of nitrogens with one attached hydrogen (secondary N) is 1.